The standard InChI is InChI=1S/C25H24O4/c1-3-23(24(26)20-9-5-4-6-10-20)29-25(27)21-14-12-19(13-15-21)17-28-22-11-7-8-18(2)16-22/h4-16,23H,3,17H2,1-2H3/t23-/m1/s1. The van der Waals surface area contributed by atoms with Crippen molar-refractivity contribution in [1.82, 2.24) is 0 Å². The second kappa shape index (κ2) is 9.69. The van der Waals surface area contributed by atoms with Gasteiger partial charge in [-0.2, -0.15) is 0 Å². The SMILES string of the molecule is CC[C@@H](OC(=O)c1ccc(COc2cccc(C)c2)cc1)C(=O)c1ccccc1. The van der Waals surface area contributed by atoms with Gasteiger partial charge in [-0.1, -0.05) is 61.5 Å². The molecule has 0 saturated heterocycles. The first-order valence-corrected chi connectivity index (χ1v) is 9.65. The smallest absolute Gasteiger partial charge is 0.338 e. The van der Waals surface area contributed by atoms with Gasteiger partial charge in [0.2, 0.25) is 5.78 Å². The number of ether oxygens (including phenoxy) is 2. The van der Waals surface area contributed by atoms with E-state index in [-0.39, 0.29) is 5.78 Å². The lowest BCUT2D eigenvalue weighted by molar-refractivity contribution is 0.0277. The van der Waals surface area contributed by atoms with Crippen molar-refractivity contribution >= 4 is 11.8 Å². The number of Topliss-reactive ketones (excluding diaryl/α,β-unsaturated/α-hetero) is 1. The van der Waals surface area contributed by atoms with E-state index in [2.05, 4.69) is 0 Å². The molecular formula is C25H24O4. The second-order valence-corrected chi connectivity index (χ2v) is 6.83. The van der Waals surface area contributed by atoms with E-state index in [0.717, 1.165) is 16.9 Å². The van der Waals surface area contributed by atoms with Crippen molar-refractivity contribution in [3.8, 4) is 5.75 Å². The minimum absolute atomic E-state index is 0.190. The van der Waals surface area contributed by atoms with Gasteiger partial charge in [0.1, 0.15) is 12.4 Å². The zero-order chi connectivity index (χ0) is 20.6. The molecule has 3 aromatic rings. The van der Waals surface area contributed by atoms with Gasteiger partial charge in [0.25, 0.3) is 0 Å². The van der Waals surface area contributed by atoms with Crippen LogP contribution in [0.3, 0.4) is 0 Å². The van der Waals surface area contributed by atoms with Gasteiger partial charge in [0, 0.05) is 5.56 Å². The molecule has 0 bridgehead atoms. The fraction of sp³-hybridized carbons (Fsp3) is 0.200. The fourth-order valence-electron chi connectivity index (χ4n) is 2.92. The van der Waals surface area contributed by atoms with Crippen LogP contribution in [-0.2, 0) is 11.3 Å². The minimum Gasteiger partial charge on any atom is -0.489 e. The molecule has 0 amide bonds. The van der Waals surface area contributed by atoms with Gasteiger partial charge in [-0.3, -0.25) is 4.79 Å². The van der Waals surface area contributed by atoms with Crippen molar-refractivity contribution in [2.75, 3.05) is 0 Å². The Bertz CT molecular complexity index is 962. The minimum atomic E-state index is -0.797. The fourth-order valence-corrected chi connectivity index (χ4v) is 2.92. The van der Waals surface area contributed by atoms with Gasteiger partial charge in [-0.25, -0.2) is 4.79 Å². The molecule has 3 aromatic carbocycles. The summed E-state index contributed by atoms with van der Waals surface area (Å²) in [6, 6.07) is 23.8. The van der Waals surface area contributed by atoms with Crippen LogP contribution in [-0.4, -0.2) is 17.9 Å². The molecule has 0 aromatic heterocycles. The Kier molecular flexibility index (Phi) is 6.80. The molecule has 0 fully saturated rings. The average Bonchev–Trinajstić information content (AvgIpc) is 2.76. The molecule has 0 N–H and O–H groups in total. The Morgan fingerprint density at radius 1 is 0.862 bits per heavy atom. The summed E-state index contributed by atoms with van der Waals surface area (Å²) in [5, 5.41) is 0. The van der Waals surface area contributed by atoms with Gasteiger partial charge in [0.15, 0.2) is 6.10 Å². The Hall–Kier alpha value is -3.40. The molecule has 4 heteroatoms. The van der Waals surface area contributed by atoms with E-state index in [0.29, 0.717) is 24.2 Å². The summed E-state index contributed by atoms with van der Waals surface area (Å²) in [5.74, 6) is 0.107. The number of rotatable bonds is 8. The van der Waals surface area contributed by atoms with Crippen LogP contribution in [0.15, 0.2) is 78.9 Å². The third-order valence-electron chi connectivity index (χ3n) is 4.56. The van der Waals surface area contributed by atoms with Gasteiger partial charge >= 0.3 is 5.97 Å². The highest BCUT2D eigenvalue weighted by molar-refractivity contribution is 6.01. The number of carbonyl (C=O) groups is 2. The van der Waals surface area contributed by atoms with Crippen LogP contribution in [0, 0.1) is 6.92 Å². The van der Waals surface area contributed by atoms with Crippen molar-refractivity contribution in [3.05, 3.63) is 101 Å². The van der Waals surface area contributed by atoms with E-state index >= 15 is 0 Å². The zero-order valence-corrected chi connectivity index (χ0v) is 16.6. The number of ketones is 1. The van der Waals surface area contributed by atoms with E-state index in [1.54, 1.807) is 36.4 Å². The highest BCUT2D eigenvalue weighted by atomic mass is 16.5. The molecule has 148 valence electrons. The van der Waals surface area contributed by atoms with E-state index in [1.807, 2.05) is 56.3 Å². The maximum atomic E-state index is 12.5. The summed E-state index contributed by atoms with van der Waals surface area (Å²) >= 11 is 0. The topological polar surface area (TPSA) is 52.6 Å². The summed E-state index contributed by atoms with van der Waals surface area (Å²) in [6.07, 6.45) is -0.378. The molecule has 4 nitrogen and oxygen atoms in total. The normalized spacial score (nSPS) is 11.5. The van der Waals surface area contributed by atoms with Gasteiger partial charge in [-0.15, -0.1) is 0 Å². The lowest BCUT2D eigenvalue weighted by Gasteiger charge is -2.15. The van der Waals surface area contributed by atoms with Crippen LogP contribution in [0.5, 0.6) is 5.75 Å². The molecule has 3 rings (SSSR count). The molecule has 1 atom stereocenters. The molecule has 0 aliphatic heterocycles. The Balaban J connectivity index is 1.60. The van der Waals surface area contributed by atoms with Crippen LogP contribution < -0.4 is 4.74 Å². The third kappa shape index (κ3) is 5.55. The highest BCUT2D eigenvalue weighted by Gasteiger charge is 2.23. The van der Waals surface area contributed by atoms with E-state index in [4.69, 9.17) is 9.47 Å². The van der Waals surface area contributed by atoms with Crippen molar-refractivity contribution in [2.24, 2.45) is 0 Å². The lowest BCUT2D eigenvalue weighted by atomic mass is 10.0. The summed E-state index contributed by atoms with van der Waals surface area (Å²) in [4.78, 5) is 25.0. The molecule has 0 unspecified atom stereocenters. The Morgan fingerprint density at radius 2 is 1.59 bits per heavy atom. The van der Waals surface area contributed by atoms with Gasteiger partial charge in [0.05, 0.1) is 5.56 Å². The molecule has 0 aliphatic carbocycles. The van der Waals surface area contributed by atoms with Crippen molar-refractivity contribution < 1.29 is 19.1 Å². The summed E-state index contributed by atoms with van der Waals surface area (Å²) in [5.41, 5.74) is 3.02. The summed E-state index contributed by atoms with van der Waals surface area (Å²) < 4.78 is 11.2. The van der Waals surface area contributed by atoms with E-state index < -0.39 is 12.1 Å². The first-order valence-electron chi connectivity index (χ1n) is 9.65. The molecular weight excluding hydrogens is 364 g/mol. The lowest BCUT2D eigenvalue weighted by Crippen LogP contribution is -2.26. The first kappa shape index (κ1) is 20.3. The monoisotopic (exact) mass is 388 g/mol. The summed E-state index contributed by atoms with van der Waals surface area (Å²) in [6.45, 7) is 4.24. The predicted molar refractivity (Wildman–Crippen MR) is 112 cm³/mol. The zero-order valence-electron chi connectivity index (χ0n) is 16.6. The molecule has 0 spiro atoms. The Labute approximate surface area is 171 Å². The second-order valence-electron chi connectivity index (χ2n) is 6.83. The van der Waals surface area contributed by atoms with E-state index in [9.17, 15) is 9.59 Å². The number of benzene rings is 3. The summed E-state index contributed by atoms with van der Waals surface area (Å²) in [7, 11) is 0. The Morgan fingerprint density at radius 3 is 2.24 bits per heavy atom. The number of hydrogen-bond acceptors (Lipinski definition) is 4. The maximum Gasteiger partial charge on any atom is 0.338 e. The van der Waals surface area contributed by atoms with Crippen LogP contribution in [0.4, 0.5) is 0 Å². The van der Waals surface area contributed by atoms with Crippen molar-refractivity contribution in [3.63, 3.8) is 0 Å². The van der Waals surface area contributed by atoms with E-state index in [1.165, 1.54) is 0 Å². The third-order valence-corrected chi connectivity index (χ3v) is 4.56. The molecule has 0 heterocycles. The number of esters is 1. The quantitative estimate of drug-likeness (QED) is 0.383. The molecule has 0 aliphatic rings. The number of hydrogen-bond donors (Lipinski definition) is 0. The van der Waals surface area contributed by atoms with Gasteiger partial charge in [-0.05, 0) is 48.7 Å². The van der Waals surface area contributed by atoms with Gasteiger partial charge < -0.3 is 9.47 Å². The van der Waals surface area contributed by atoms with Crippen LogP contribution in [0.1, 0.15) is 45.2 Å². The van der Waals surface area contributed by atoms with Crippen molar-refractivity contribution in [2.45, 2.75) is 33.0 Å². The largest absolute Gasteiger partial charge is 0.489 e. The highest BCUT2D eigenvalue weighted by Crippen LogP contribution is 2.16. The van der Waals surface area contributed by atoms with Crippen LogP contribution in [0.2, 0.25) is 0 Å². The average molecular weight is 388 g/mol. The maximum absolute atomic E-state index is 12.5. The molecule has 0 saturated carbocycles. The predicted octanol–water partition coefficient (Wildman–Crippen LogP) is 5.39. The first-order chi connectivity index (χ1) is 14.1. The molecule has 0 radical (unpaired) electrons. The number of aryl methyl sites for hydroxylation is 1. The number of carbonyl (C=O) groups excluding carboxylic acids is 2. The molecule has 29 heavy (non-hydrogen) atoms. The van der Waals surface area contributed by atoms with Crippen LogP contribution >= 0.6 is 0 Å². The van der Waals surface area contributed by atoms with Crippen LogP contribution in [0.25, 0.3) is 0 Å². The van der Waals surface area contributed by atoms with Crippen molar-refractivity contribution in [1.29, 1.82) is 0 Å².